The van der Waals surface area contributed by atoms with Gasteiger partial charge in [-0.15, -0.1) is 0 Å². The highest BCUT2D eigenvalue weighted by Gasteiger charge is 1.95. The van der Waals surface area contributed by atoms with E-state index in [0.29, 0.717) is 0 Å². The summed E-state index contributed by atoms with van der Waals surface area (Å²) in [5.74, 6) is 0.800. The Balaban J connectivity index is 3.47. The van der Waals surface area contributed by atoms with E-state index in [4.69, 9.17) is 0 Å². The van der Waals surface area contributed by atoms with Crippen LogP contribution >= 0.6 is 11.8 Å². The van der Waals surface area contributed by atoms with E-state index in [0.717, 1.165) is 18.6 Å². The fraction of sp³-hybridized carbons (Fsp3) is 0.500. The van der Waals surface area contributed by atoms with Gasteiger partial charge in [-0.3, -0.25) is 4.79 Å². The van der Waals surface area contributed by atoms with E-state index >= 15 is 0 Å². The van der Waals surface area contributed by atoms with Gasteiger partial charge >= 0.3 is 6.16 Å². The van der Waals surface area contributed by atoms with E-state index in [9.17, 15) is 9.59 Å². The van der Waals surface area contributed by atoms with Crippen LogP contribution in [0.3, 0.4) is 0 Å². The zero-order valence-electron chi connectivity index (χ0n) is 10.2. The minimum absolute atomic E-state index is 0.0884. The normalized spacial score (nSPS) is 10.9. The molecular formula is C12H18O4S. The van der Waals surface area contributed by atoms with Gasteiger partial charge in [0.25, 0.3) is 0 Å². The van der Waals surface area contributed by atoms with Gasteiger partial charge in [0.1, 0.15) is 6.61 Å². The summed E-state index contributed by atoms with van der Waals surface area (Å²) >= 11 is 1.29. The second-order valence-corrected chi connectivity index (χ2v) is 4.24. The van der Waals surface area contributed by atoms with Gasteiger partial charge in [-0.05, 0) is 24.7 Å². The van der Waals surface area contributed by atoms with Crippen molar-refractivity contribution in [1.82, 2.24) is 0 Å². The molecule has 0 rings (SSSR count). The van der Waals surface area contributed by atoms with Crippen LogP contribution in [0.25, 0.3) is 0 Å². The first kappa shape index (κ1) is 15.8. The van der Waals surface area contributed by atoms with Crippen LogP contribution in [0.1, 0.15) is 19.8 Å². The topological polar surface area (TPSA) is 52.6 Å². The van der Waals surface area contributed by atoms with E-state index in [2.05, 4.69) is 9.47 Å². The quantitative estimate of drug-likeness (QED) is 0.304. The Labute approximate surface area is 106 Å². The molecule has 96 valence electrons. The number of unbranched alkanes of at least 4 members (excludes halogenated alkanes) is 1. The highest BCUT2D eigenvalue weighted by atomic mass is 32.2. The summed E-state index contributed by atoms with van der Waals surface area (Å²) in [5, 5.41) is 0.0884. The zero-order chi connectivity index (χ0) is 12.9. The van der Waals surface area contributed by atoms with Crippen LogP contribution in [-0.2, 0) is 14.3 Å². The average Bonchev–Trinajstić information content (AvgIpc) is 2.32. The number of thioether (sulfide) groups is 1. The number of methoxy groups -OCH3 is 1. The van der Waals surface area contributed by atoms with E-state index in [1.165, 1.54) is 18.9 Å². The third-order valence-corrected chi connectivity index (χ3v) is 2.38. The van der Waals surface area contributed by atoms with Crippen LogP contribution in [0.2, 0.25) is 0 Å². The summed E-state index contributed by atoms with van der Waals surface area (Å²) in [6, 6.07) is 0. The maximum absolute atomic E-state index is 11.1. The molecule has 0 bridgehead atoms. The number of carbonyl (C=O) groups is 2. The molecule has 0 atom stereocenters. The minimum Gasteiger partial charge on any atom is -0.438 e. The number of rotatable bonds is 7. The molecule has 0 aromatic carbocycles. The molecule has 0 heterocycles. The zero-order valence-corrected chi connectivity index (χ0v) is 11.0. The molecule has 0 radical (unpaired) electrons. The molecule has 0 amide bonds. The molecule has 0 saturated carbocycles. The molecule has 0 aliphatic carbocycles. The standard InChI is InChI=1S/C12H18O4S/c1-3-17-11(13)9-7-5-4-6-8-10-16-12(14)15-2/h6-9H,3-5,10H2,1-2H3/b8-6+,9-7+. The molecule has 17 heavy (non-hydrogen) atoms. The maximum atomic E-state index is 11.1. The van der Waals surface area contributed by atoms with Crippen molar-refractivity contribution in [2.24, 2.45) is 0 Å². The van der Waals surface area contributed by atoms with Crippen molar-refractivity contribution < 1.29 is 19.1 Å². The van der Waals surface area contributed by atoms with Crippen molar-refractivity contribution in [3.05, 3.63) is 24.3 Å². The Kier molecular flexibility index (Phi) is 10.4. The molecule has 4 nitrogen and oxygen atoms in total. The van der Waals surface area contributed by atoms with Gasteiger partial charge in [-0.2, -0.15) is 0 Å². The van der Waals surface area contributed by atoms with Crippen LogP contribution in [-0.4, -0.2) is 30.7 Å². The number of ether oxygens (including phenoxy) is 2. The summed E-state index contributed by atoms with van der Waals surface area (Å²) < 4.78 is 8.94. The molecule has 0 saturated heterocycles. The van der Waals surface area contributed by atoms with E-state index in [1.807, 2.05) is 19.1 Å². The van der Waals surface area contributed by atoms with E-state index in [-0.39, 0.29) is 11.7 Å². The molecule has 5 heteroatoms. The second kappa shape index (κ2) is 11.3. The maximum Gasteiger partial charge on any atom is 0.508 e. The summed E-state index contributed by atoms with van der Waals surface area (Å²) in [4.78, 5) is 21.6. The average molecular weight is 258 g/mol. The van der Waals surface area contributed by atoms with Crippen LogP contribution in [0.4, 0.5) is 4.79 Å². The van der Waals surface area contributed by atoms with Crippen molar-refractivity contribution in [3.63, 3.8) is 0 Å². The SMILES string of the molecule is CCSC(=O)/C=C/CC/C=C/COC(=O)OC. The Bertz CT molecular complexity index is 284. The third-order valence-electron chi connectivity index (χ3n) is 1.67. The van der Waals surface area contributed by atoms with Gasteiger partial charge in [0.2, 0.25) is 5.12 Å². The minimum atomic E-state index is -0.684. The monoisotopic (exact) mass is 258 g/mol. The predicted molar refractivity (Wildman–Crippen MR) is 69.0 cm³/mol. The lowest BCUT2D eigenvalue weighted by atomic mass is 10.3. The van der Waals surface area contributed by atoms with Gasteiger partial charge in [-0.1, -0.05) is 36.9 Å². The smallest absolute Gasteiger partial charge is 0.438 e. The molecule has 0 aromatic rings. The lowest BCUT2D eigenvalue weighted by Crippen LogP contribution is -2.03. The fourth-order valence-corrected chi connectivity index (χ4v) is 1.40. The third kappa shape index (κ3) is 11.0. The van der Waals surface area contributed by atoms with Crippen LogP contribution in [0, 0.1) is 0 Å². The Morgan fingerprint density at radius 1 is 1.18 bits per heavy atom. The van der Waals surface area contributed by atoms with Gasteiger partial charge < -0.3 is 9.47 Å². The summed E-state index contributed by atoms with van der Waals surface area (Å²) in [6.07, 6.45) is 7.99. The highest BCUT2D eigenvalue weighted by molar-refractivity contribution is 8.14. The number of hydrogen-bond donors (Lipinski definition) is 0. The van der Waals surface area contributed by atoms with Crippen LogP contribution in [0.5, 0.6) is 0 Å². The summed E-state index contributed by atoms with van der Waals surface area (Å²) in [5.41, 5.74) is 0. The fourth-order valence-electron chi connectivity index (χ4n) is 0.923. The van der Waals surface area contributed by atoms with Gasteiger partial charge in [-0.25, -0.2) is 4.79 Å². The first-order valence-corrected chi connectivity index (χ1v) is 6.38. The van der Waals surface area contributed by atoms with E-state index in [1.54, 1.807) is 12.2 Å². The Hall–Kier alpha value is -1.23. The number of carbonyl (C=O) groups excluding carboxylic acids is 2. The molecule has 0 N–H and O–H groups in total. The Morgan fingerprint density at radius 3 is 2.53 bits per heavy atom. The first-order chi connectivity index (χ1) is 8.20. The molecular weight excluding hydrogens is 240 g/mol. The Morgan fingerprint density at radius 2 is 1.88 bits per heavy atom. The van der Waals surface area contributed by atoms with Crippen molar-refractivity contribution in [3.8, 4) is 0 Å². The first-order valence-electron chi connectivity index (χ1n) is 5.39. The molecule has 0 aromatic heterocycles. The highest BCUT2D eigenvalue weighted by Crippen LogP contribution is 2.02. The summed E-state index contributed by atoms with van der Waals surface area (Å²) in [6.45, 7) is 2.15. The molecule has 0 aliphatic rings. The summed E-state index contributed by atoms with van der Waals surface area (Å²) in [7, 11) is 1.27. The van der Waals surface area contributed by atoms with Gasteiger partial charge in [0.15, 0.2) is 0 Å². The molecule has 0 aliphatic heterocycles. The number of hydrogen-bond acceptors (Lipinski definition) is 5. The lowest BCUT2D eigenvalue weighted by Gasteiger charge is -1.97. The van der Waals surface area contributed by atoms with Gasteiger partial charge in [0.05, 0.1) is 7.11 Å². The molecule has 0 spiro atoms. The predicted octanol–water partition coefficient (Wildman–Crippen LogP) is 2.94. The lowest BCUT2D eigenvalue weighted by molar-refractivity contribution is -0.107. The number of allylic oxidation sites excluding steroid dienone is 2. The molecule has 0 unspecified atom stereocenters. The van der Waals surface area contributed by atoms with Crippen molar-refractivity contribution >= 4 is 23.0 Å². The van der Waals surface area contributed by atoms with Gasteiger partial charge in [0, 0.05) is 0 Å². The van der Waals surface area contributed by atoms with Crippen LogP contribution < -0.4 is 0 Å². The van der Waals surface area contributed by atoms with Crippen molar-refractivity contribution in [2.75, 3.05) is 19.5 Å². The largest absolute Gasteiger partial charge is 0.508 e. The molecule has 0 fully saturated rings. The second-order valence-electron chi connectivity index (χ2n) is 2.97. The van der Waals surface area contributed by atoms with Crippen LogP contribution in [0.15, 0.2) is 24.3 Å². The van der Waals surface area contributed by atoms with E-state index < -0.39 is 6.16 Å². The van der Waals surface area contributed by atoms with Crippen molar-refractivity contribution in [1.29, 1.82) is 0 Å². The van der Waals surface area contributed by atoms with Crippen molar-refractivity contribution in [2.45, 2.75) is 19.8 Å².